The molecule has 3 rings (SSSR count). The molecule has 2 aliphatic heterocycles. The van der Waals surface area contributed by atoms with Crippen molar-refractivity contribution in [2.24, 2.45) is 5.92 Å². The summed E-state index contributed by atoms with van der Waals surface area (Å²) in [6.45, 7) is 7.08. The number of amides is 2. The van der Waals surface area contributed by atoms with E-state index in [0.717, 1.165) is 27.4 Å². The number of nitriles is 1. The minimum atomic E-state index is -0.378. The first kappa shape index (κ1) is 23.0. The molecule has 0 spiro atoms. The molecule has 0 saturated heterocycles. The summed E-state index contributed by atoms with van der Waals surface area (Å²) in [5.41, 5.74) is 3.14. The monoisotopic (exact) mass is 443 g/mol. The largest absolute Gasteiger partial charge is 0.496 e. The third kappa shape index (κ3) is 5.16. The summed E-state index contributed by atoms with van der Waals surface area (Å²) in [5.74, 6) is 0.268. The van der Waals surface area contributed by atoms with Crippen LogP contribution >= 0.6 is 11.8 Å². The van der Waals surface area contributed by atoms with Crippen LogP contribution < -0.4 is 10.1 Å². The molecule has 7 nitrogen and oxygen atoms in total. The lowest BCUT2D eigenvalue weighted by Gasteiger charge is -2.27. The van der Waals surface area contributed by atoms with Gasteiger partial charge in [0.05, 0.1) is 37.6 Å². The molecule has 31 heavy (non-hydrogen) atoms. The number of nitrogens with zero attached hydrogens (tertiary/aromatic N) is 2. The average Bonchev–Trinajstić information content (AvgIpc) is 3.09. The van der Waals surface area contributed by atoms with Crippen LogP contribution in [0.2, 0.25) is 0 Å². The van der Waals surface area contributed by atoms with Crippen molar-refractivity contribution in [1.82, 2.24) is 10.2 Å². The van der Waals surface area contributed by atoms with Gasteiger partial charge in [-0.15, -0.1) is 11.8 Å². The van der Waals surface area contributed by atoms with Gasteiger partial charge in [0.15, 0.2) is 0 Å². The maximum absolute atomic E-state index is 12.8. The molecular weight excluding hydrogens is 414 g/mol. The Morgan fingerprint density at radius 2 is 2.19 bits per heavy atom. The number of carbonyl (C=O) groups is 2. The molecule has 0 aliphatic carbocycles. The van der Waals surface area contributed by atoms with E-state index in [4.69, 9.17) is 9.47 Å². The third-order valence-corrected chi connectivity index (χ3v) is 6.99. The van der Waals surface area contributed by atoms with Crippen LogP contribution in [-0.2, 0) is 9.53 Å². The van der Waals surface area contributed by atoms with E-state index in [1.165, 1.54) is 11.8 Å². The summed E-state index contributed by atoms with van der Waals surface area (Å²) in [4.78, 5) is 27.5. The second-order valence-electron chi connectivity index (χ2n) is 7.88. The quantitative estimate of drug-likeness (QED) is 0.716. The maximum Gasteiger partial charge on any atom is 0.410 e. The van der Waals surface area contributed by atoms with Crippen LogP contribution in [0.4, 0.5) is 4.79 Å². The summed E-state index contributed by atoms with van der Waals surface area (Å²) in [6.07, 6.45) is 0.591. The molecule has 0 saturated carbocycles. The summed E-state index contributed by atoms with van der Waals surface area (Å²) in [7, 11) is 1.63. The molecule has 3 atom stereocenters. The van der Waals surface area contributed by atoms with Crippen LogP contribution in [0.3, 0.4) is 0 Å². The molecule has 8 heteroatoms. The van der Waals surface area contributed by atoms with Crippen LogP contribution in [0.25, 0.3) is 0 Å². The van der Waals surface area contributed by atoms with Gasteiger partial charge in [0.1, 0.15) is 5.75 Å². The van der Waals surface area contributed by atoms with E-state index in [1.807, 2.05) is 32.0 Å². The Morgan fingerprint density at radius 3 is 2.87 bits per heavy atom. The summed E-state index contributed by atoms with van der Waals surface area (Å²) in [6, 6.07) is 8.30. The van der Waals surface area contributed by atoms with E-state index in [-0.39, 0.29) is 29.2 Å². The lowest BCUT2D eigenvalue weighted by atomic mass is 9.93. The smallest absolute Gasteiger partial charge is 0.410 e. The first-order valence-electron chi connectivity index (χ1n) is 10.5. The first-order chi connectivity index (χ1) is 14.9. The lowest BCUT2D eigenvalue weighted by molar-refractivity contribution is -0.121. The van der Waals surface area contributed by atoms with Crippen molar-refractivity contribution in [3.8, 4) is 11.8 Å². The van der Waals surface area contributed by atoms with Gasteiger partial charge in [-0.05, 0) is 43.4 Å². The number of hydrogen-bond acceptors (Lipinski definition) is 6. The van der Waals surface area contributed by atoms with E-state index in [1.54, 1.807) is 18.9 Å². The zero-order valence-electron chi connectivity index (χ0n) is 18.4. The molecule has 3 unspecified atom stereocenters. The van der Waals surface area contributed by atoms with Gasteiger partial charge in [-0.2, -0.15) is 5.26 Å². The molecule has 0 aromatic heterocycles. The fraction of sp³-hybridized carbons (Fsp3) is 0.522. The van der Waals surface area contributed by atoms with Crippen LogP contribution in [0.1, 0.15) is 43.7 Å². The lowest BCUT2D eigenvalue weighted by Crippen LogP contribution is -2.37. The number of hydrogen-bond donors (Lipinski definition) is 1. The van der Waals surface area contributed by atoms with Gasteiger partial charge in [0.25, 0.3) is 0 Å². The summed E-state index contributed by atoms with van der Waals surface area (Å²) in [5, 5.41) is 12.4. The molecule has 0 bridgehead atoms. The predicted molar refractivity (Wildman–Crippen MR) is 120 cm³/mol. The van der Waals surface area contributed by atoms with E-state index >= 15 is 0 Å². The maximum atomic E-state index is 12.8. The van der Waals surface area contributed by atoms with Gasteiger partial charge in [-0.25, -0.2) is 4.79 Å². The third-order valence-electron chi connectivity index (χ3n) is 5.67. The highest BCUT2D eigenvalue weighted by molar-refractivity contribution is 8.04. The van der Waals surface area contributed by atoms with E-state index in [0.29, 0.717) is 32.5 Å². The SMILES string of the molecule is CCOC(=O)N1CCC2=C(C1)SC(NC(=O)CC(C)c1cc(C)ccc1OC)C2C#N. The number of rotatable bonds is 6. The zero-order chi connectivity index (χ0) is 22.5. The Morgan fingerprint density at radius 1 is 1.42 bits per heavy atom. The van der Waals surface area contributed by atoms with Crippen molar-refractivity contribution in [3.63, 3.8) is 0 Å². The molecule has 166 valence electrons. The highest BCUT2D eigenvalue weighted by atomic mass is 32.2. The number of carbonyl (C=O) groups excluding carboxylic acids is 2. The Bertz CT molecular complexity index is 924. The van der Waals surface area contributed by atoms with Crippen molar-refractivity contribution in [2.45, 2.75) is 44.9 Å². The average molecular weight is 444 g/mol. The van der Waals surface area contributed by atoms with Gasteiger partial charge in [-0.3, -0.25) is 4.79 Å². The van der Waals surface area contributed by atoms with Crippen molar-refractivity contribution in [2.75, 3.05) is 26.8 Å². The number of aryl methyl sites for hydroxylation is 1. The number of nitrogens with one attached hydrogen (secondary N) is 1. The normalized spacial score (nSPS) is 21.2. The van der Waals surface area contributed by atoms with Gasteiger partial charge in [0, 0.05) is 17.9 Å². The van der Waals surface area contributed by atoms with E-state index in [9.17, 15) is 14.9 Å². The molecule has 1 aromatic rings. The van der Waals surface area contributed by atoms with Gasteiger partial charge >= 0.3 is 6.09 Å². The molecule has 0 radical (unpaired) electrons. The Balaban J connectivity index is 1.63. The topological polar surface area (TPSA) is 91.7 Å². The molecule has 2 aliphatic rings. The second-order valence-corrected chi connectivity index (χ2v) is 9.12. The van der Waals surface area contributed by atoms with Gasteiger partial charge in [-0.1, -0.05) is 24.6 Å². The molecule has 1 N–H and O–H groups in total. The Kier molecular flexibility index (Phi) is 7.50. The van der Waals surface area contributed by atoms with Gasteiger partial charge < -0.3 is 19.7 Å². The molecule has 0 fully saturated rings. The fourth-order valence-electron chi connectivity index (χ4n) is 4.07. The van der Waals surface area contributed by atoms with Crippen molar-refractivity contribution in [3.05, 3.63) is 39.8 Å². The highest BCUT2D eigenvalue weighted by Crippen LogP contribution is 2.44. The molecular formula is C23H29N3O4S. The van der Waals surface area contributed by atoms with Gasteiger partial charge in [0.2, 0.25) is 5.91 Å². The minimum Gasteiger partial charge on any atom is -0.496 e. The van der Waals surface area contributed by atoms with Crippen molar-refractivity contribution in [1.29, 1.82) is 5.26 Å². The van der Waals surface area contributed by atoms with E-state index < -0.39 is 0 Å². The minimum absolute atomic E-state index is 0.0244. The number of benzene rings is 1. The summed E-state index contributed by atoms with van der Waals surface area (Å²) < 4.78 is 10.6. The molecule has 2 amide bonds. The van der Waals surface area contributed by atoms with Crippen molar-refractivity contribution >= 4 is 23.8 Å². The molecule has 2 heterocycles. The molecule has 1 aromatic carbocycles. The van der Waals surface area contributed by atoms with Crippen LogP contribution in [0, 0.1) is 24.2 Å². The second kappa shape index (κ2) is 10.1. The number of methoxy groups -OCH3 is 1. The van der Waals surface area contributed by atoms with Crippen LogP contribution in [0.5, 0.6) is 5.75 Å². The predicted octanol–water partition coefficient (Wildman–Crippen LogP) is 3.94. The number of ether oxygens (including phenoxy) is 2. The number of thioether (sulfide) groups is 1. The van der Waals surface area contributed by atoms with Crippen LogP contribution in [0.15, 0.2) is 28.7 Å². The fourth-order valence-corrected chi connectivity index (χ4v) is 5.54. The zero-order valence-corrected chi connectivity index (χ0v) is 19.3. The Labute approximate surface area is 187 Å². The van der Waals surface area contributed by atoms with Crippen LogP contribution in [-0.4, -0.2) is 49.1 Å². The summed E-state index contributed by atoms with van der Waals surface area (Å²) >= 11 is 1.48. The Hall–Kier alpha value is -2.66. The highest BCUT2D eigenvalue weighted by Gasteiger charge is 2.40. The first-order valence-corrected chi connectivity index (χ1v) is 11.4. The standard InChI is InChI=1S/C23H29N3O4S/c1-5-30-23(28)26-9-8-16-18(12-24)22(31-20(16)13-26)25-21(27)11-15(3)17-10-14(2)6-7-19(17)29-4/h6-7,10,15,18,22H,5,8-9,11,13H2,1-4H3,(H,25,27). The van der Waals surface area contributed by atoms with E-state index in [2.05, 4.69) is 11.4 Å². The van der Waals surface area contributed by atoms with Crippen molar-refractivity contribution < 1.29 is 19.1 Å².